The van der Waals surface area contributed by atoms with E-state index >= 15 is 0 Å². The molecule has 2 rings (SSSR count). The summed E-state index contributed by atoms with van der Waals surface area (Å²) in [5, 5.41) is 3.40. The third kappa shape index (κ3) is 5.55. The summed E-state index contributed by atoms with van der Waals surface area (Å²) in [5.74, 6) is -0.810. The highest BCUT2D eigenvalue weighted by Crippen LogP contribution is 2.22. The Morgan fingerprint density at radius 2 is 1.68 bits per heavy atom. The van der Waals surface area contributed by atoms with E-state index in [-0.39, 0.29) is 17.0 Å². The van der Waals surface area contributed by atoms with Crippen molar-refractivity contribution < 1.29 is 26.4 Å². The third-order valence-corrected chi connectivity index (χ3v) is 6.85. The van der Waals surface area contributed by atoms with Crippen LogP contribution in [-0.2, 0) is 16.6 Å². The quantitative estimate of drug-likeness (QED) is 0.632. The van der Waals surface area contributed by atoms with Crippen LogP contribution in [0.15, 0.2) is 46.0 Å². The van der Waals surface area contributed by atoms with Crippen molar-refractivity contribution in [2.75, 3.05) is 19.6 Å². The van der Waals surface area contributed by atoms with Gasteiger partial charge in [0.25, 0.3) is 5.91 Å². The van der Waals surface area contributed by atoms with Crippen LogP contribution in [0.25, 0.3) is 0 Å². The first-order valence-corrected chi connectivity index (χ1v) is 10.9. The predicted octanol–water partition coefficient (Wildman–Crippen LogP) is 3.98. The van der Waals surface area contributed by atoms with Gasteiger partial charge in [0.05, 0.1) is 4.90 Å². The van der Waals surface area contributed by atoms with Crippen molar-refractivity contribution in [1.82, 2.24) is 9.21 Å². The molecule has 0 aliphatic heterocycles. The number of halogens is 3. The molecule has 1 aromatic carbocycles. The van der Waals surface area contributed by atoms with Crippen LogP contribution in [-0.4, -0.2) is 49.3 Å². The van der Waals surface area contributed by atoms with Gasteiger partial charge in [0.15, 0.2) is 0 Å². The lowest BCUT2D eigenvalue weighted by Crippen LogP contribution is -2.38. The van der Waals surface area contributed by atoms with Crippen LogP contribution in [0.5, 0.6) is 0 Å². The van der Waals surface area contributed by atoms with Crippen LogP contribution in [0.3, 0.4) is 0 Å². The fourth-order valence-corrected chi connectivity index (χ4v) is 4.80. The summed E-state index contributed by atoms with van der Waals surface area (Å²) in [4.78, 5) is 13.3. The summed E-state index contributed by atoms with van der Waals surface area (Å²) in [5.41, 5.74) is 0.598. The Morgan fingerprint density at radius 1 is 1.07 bits per heavy atom. The zero-order valence-corrected chi connectivity index (χ0v) is 17.1. The topological polar surface area (TPSA) is 57.7 Å². The van der Waals surface area contributed by atoms with Crippen molar-refractivity contribution in [2.45, 2.75) is 31.5 Å². The predicted molar refractivity (Wildman–Crippen MR) is 102 cm³/mol. The number of carbonyl (C=O) groups excluding carboxylic acids is 1. The number of nitrogens with zero attached hydrogens (tertiary/aromatic N) is 2. The highest BCUT2D eigenvalue weighted by molar-refractivity contribution is 7.89. The SMILES string of the molecule is CCN(CC)S(=O)(=O)c1ccc(C(=O)N(Cc2ccsc2)CC(F)(F)F)cc1. The van der Waals surface area contributed by atoms with E-state index in [1.54, 1.807) is 30.7 Å². The van der Waals surface area contributed by atoms with Gasteiger partial charge in [0.2, 0.25) is 10.0 Å². The Bertz CT molecular complexity index is 876. The zero-order chi connectivity index (χ0) is 20.9. The smallest absolute Gasteiger partial charge is 0.325 e. The number of amides is 1. The number of thiophene rings is 1. The molecular weight excluding hydrogens is 413 g/mol. The van der Waals surface area contributed by atoms with Crippen molar-refractivity contribution >= 4 is 27.3 Å². The van der Waals surface area contributed by atoms with Gasteiger partial charge in [0.1, 0.15) is 6.54 Å². The van der Waals surface area contributed by atoms with Gasteiger partial charge < -0.3 is 4.90 Å². The van der Waals surface area contributed by atoms with Gasteiger partial charge in [-0.1, -0.05) is 13.8 Å². The molecule has 0 saturated heterocycles. The summed E-state index contributed by atoms with van der Waals surface area (Å²) >= 11 is 1.33. The van der Waals surface area contributed by atoms with Gasteiger partial charge in [-0.3, -0.25) is 4.79 Å². The van der Waals surface area contributed by atoms with E-state index in [1.165, 1.54) is 39.9 Å². The lowest BCUT2D eigenvalue weighted by Gasteiger charge is -2.24. The van der Waals surface area contributed by atoms with Gasteiger partial charge in [0, 0.05) is 25.2 Å². The fraction of sp³-hybridized carbons (Fsp3) is 0.389. The molecule has 1 aromatic heterocycles. The molecule has 0 radical (unpaired) electrons. The molecule has 0 spiro atoms. The van der Waals surface area contributed by atoms with Crippen LogP contribution in [0.4, 0.5) is 13.2 Å². The van der Waals surface area contributed by atoms with E-state index in [2.05, 4.69) is 0 Å². The Morgan fingerprint density at radius 3 is 2.14 bits per heavy atom. The molecule has 5 nitrogen and oxygen atoms in total. The second-order valence-electron chi connectivity index (χ2n) is 6.02. The monoisotopic (exact) mass is 434 g/mol. The molecule has 0 saturated carbocycles. The Kier molecular flexibility index (Phi) is 7.24. The molecule has 2 aromatic rings. The summed E-state index contributed by atoms with van der Waals surface area (Å²) < 4.78 is 65.0. The maximum Gasteiger partial charge on any atom is 0.406 e. The minimum absolute atomic E-state index is 0.00187. The largest absolute Gasteiger partial charge is 0.406 e. The van der Waals surface area contributed by atoms with Crippen LogP contribution < -0.4 is 0 Å². The normalized spacial score (nSPS) is 12.4. The van der Waals surface area contributed by atoms with Crippen LogP contribution in [0.1, 0.15) is 29.8 Å². The lowest BCUT2D eigenvalue weighted by atomic mass is 10.2. The standard InChI is InChI=1S/C18H21F3N2O3S2/c1-3-23(4-2)28(25,26)16-7-5-15(6-8-16)17(24)22(13-18(19,20)21)11-14-9-10-27-12-14/h5-10,12H,3-4,11,13H2,1-2H3. The first kappa shape index (κ1) is 22.4. The third-order valence-electron chi connectivity index (χ3n) is 4.06. The Balaban J connectivity index is 2.27. The van der Waals surface area contributed by atoms with Gasteiger partial charge in [-0.2, -0.15) is 28.8 Å². The molecule has 0 aliphatic rings. The first-order chi connectivity index (χ1) is 13.1. The van der Waals surface area contributed by atoms with Gasteiger partial charge in [-0.15, -0.1) is 0 Å². The van der Waals surface area contributed by atoms with Crippen LogP contribution in [0, 0.1) is 0 Å². The average Bonchev–Trinajstić information content (AvgIpc) is 3.13. The van der Waals surface area contributed by atoms with Crippen molar-refractivity contribution in [1.29, 1.82) is 0 Å². The number of hydrogen-bond donors (Lipinski definition) is 0. The number of rotatable bonds is 8. The Labute approximate surface area is 166 Å². The summed E-state index contributed by atoms with van der Waals surface area (Å²) in [6.07, 6.45) is -4.54. The summed E-state index contributed by atoms with van der Waals surface area (Å²) in [6.45, 7) is 2.43. The van der Waals surface area contributed by atoms with E-state index in [0.29, 0.717) is 23.6 Å². The minimum atomic E-state index is -4.54. The second kappa shape index (κ2) is 9.06. The van der Waals surface area contributed by atoms with Gasteiger partial charge in [-0.25, -0.2) is 8.42 Å². The van der Waals surface area contributed by atoms with E-state index < -0.39 is 28.7 Å². The number of carbonyl (C=O) groups is 1. The number of benzene rings is 1. The second-order valence-corrected chi connectivity index (χ2v) is 8.74. The van der Waals surface area contributed by atoms with E-state index in [9.17, 15) is 26.4 Å². The van der Waals surface area contributed by atoms with E-state index in [0.717, 1.165) is 0 Å². The molecule has 0 aliphatic carbocycles. The average molecular weight is 435 g/mol. The molecule has 0 atom stereocenters. The van der Waals surface area contributed by atoms with E-state index in [4.69, 9.17) is 0 Å². The fourth-order valence-electron chi connectivity index (χ4n) is 2.68. The van der Waals surface area contributed by atoms with Crippen molar-refractivity contribution in [2.24, 2.45) is 0 Å². The number of hydrogen-bond acceptors (Lipinski definition) is 4. The van der Waals surface area contributed by atoms with Crippen molar-refractivity contribution in [3.05, 3.63) is 52.2 Å². The molecule has 0 unspecified atom stereocenters. The number of sulfonamides is 1. The Hall–Kier alpha value is -1.91. The van der Waals surface area contributed by atoms with Crippen molar-refractivity contribution in [3.63, 3.8) is 0 Å². The zero-order valence-electron chi connectivity index (χ0n) is 15.4. The maximum absolute atomic E-state index is 12.9. The van der Waals surface area contributed by atoms with Crippen LogP contribution >= 0.6 is 11.3 Å². The maximum atomic E-state index is 12.9. The van der Waals surface area contributed by atoms with Crippen molar-refractivity contribution in [3.8, 4) is 0 Å². The molecule has 0 fully saturated rings. The van der Waals surface area contributed by atoms with E-state index in [1.807, 2.05) is 0 Å². The molecule has 1 heterocycles. The molecule has 1 amide bonds. The summed E-state index contributed by atoms with van der Waals surface area (Å²) in [7, 11) is -3.70. The lowest BCUT2D eigenvalue weighted by molar-refractivity contribution is -0.141. The first-order valence-electron chi connectivity index (χ1n) is 8.55. The molecule has 0 N–H and O–H groups in total. The van der Waals surface area contributed by atoms with Crippen LogP contribution in [0.2, 0.25) is 0 Å². The molecule has 10 heteroatoms. The molecule has 28 heavy (non-hydrogen) atoms. The van der Waals surface area contributed by atoms with Gasteiger partial charge >= 0.3 is 6.18 Å². The molecule has 0 bridgehead atoms. The van der Waals surface area contributed by atoms with Gasteiger partial charge in [-0.05, 0) is 46.7 Å². The minimum Gasteiger partial charge on any atom is -0.325 e. The molecule has 154 valence electrons. The molecular formula is C18H21F3N2O3S2. The highest BCUT2D eigenvalue weighted by atomic mass is 32.2. The number of alkyl halides is 3. The summed E-state index contributed by atoms with van der Waals surface area (Å²) in [6, 6.07) is 6.64. The highest BCUT2D eigenvalue weighted by Gasteiger charge is 2.33.